The van der Waals surface area contributed by atoms with Gasteiger partial charge in [0, 0.05) is 12.3 Å². The zero-order valence-electron chi connectivity index (χ0n) is 13.3. The summed E-state index contributed by atoms with van der Waals surface area (Å²) in [7, 11) is 0. The highest BCUT2D eigenvalue weighted by atomic mass is 16.2. The van der Waals surface area contributed by atoms with Crippen molar-refractivity contribution in [1.82, 2.24) is 9.55 Å². The van der Waals surface area contributed by atoms with E-state index in [1.165, 1.54) is 22.9 Å². The first-order chi connectivity index (χ1) is 12.2. The number of allylic oxidation sites excluding steroid dienone is 1. The molecule has 0 bridgehead atoms. The molecule has 3 rings (SSSR count). The van der Waals surface area contributed by atoms with Gasteiger partial charge in [0.1, 0.15) is 0 Å². The zero-order valence-corrected chi connectivity index (χ0v) is 13.3. The molecule has 0 aliphatic rings. The van der Waals surface area contributed by atoms with Crippen molar-refractivity contribution in [3.05, 3.63) is 110 Å². The molecule has 0 saturated heterocycles. The van der Waals surface area contributed by atoms with Gasteiger partial charge in [0.2, 0.25) is 0 Å². The lowest BCUT2D eigenvalue weighted by Crippen LogP contribution is -2.34. The van der Waals surface area contributed by atoms with E-state index in [9.17, 15) is 9.59 Å². The third-order valence-corrected chi connectivity index (χ3v) is 3.84. The molecule has 122 valence electrons. The minimum absolute atomic E-state index is 0.248. The first kappa shape index (κ1) is 16.2. The lowest BCUT2D eigenvalue weighted by Gasteiger charge is -2.21. The van der Waals surface area contributed by atoms with E-state index in [2.05, 4.69) is 4.98 Å². The van der Waals surface area contributed by atoms with Crippen molar-refractivity contribution < 1.29 is 0 Å². The molecule has 0 aliphatic carbocycles. The number of benzene rings is 2. The molecule has 0 fully saturated rings. The third-order valence-electron chi connectivity index (χ3n) is 3.84. The van der Waals surface area contributed by atoms with Crippen LogP contribution in [-0.2, 0) is 0 Å². The Morgan fingerprint density at radius 2 is 1.52 bits per heavy atom. The molecule has 5 nitrogen and oxygen atoms in total. The van der Waals surface area contributed by atoms with Gasteiger partial charge in [-0.2, -0.15) is 5.26 Å². The number of nitrogens with one attached hydrogen (secondary N) is 1. The largest absolute Gasteiger partial charge is 0.329 e. The fourth-order valence-corrected chi connectivity index (χ4v) is 2.72. The quantitative estimate of drug-likeness (QED) is 0.748. The van der Waals surface area contributed by atoms with E-state index in [0.717, 1.165) is 11.1 Å². The van der Waals surface area contributed by atoms with Crippen molar-refractivity contribution in [2.24, 2.45) is 0 Å². The van der Waals surface area contributed by atoms with E-state index in [0.29, 0.717) is 0 Å². The van der Waals surface area contributed by atoms with Crippen LogP contribution in [0.15, 0.2) is 82.5 Å². The van der Waals surface area contributed by atoms with Gasteiger partial charge in [-0.25, -0.2) is 4.79 Å². The second-order valence-corrected chi connectivity index (χ2v) is 5.44. The molecule has 2 aromatic carbocycles. The van der Waals surface area contributed by atoms with E-state index >= 15 is 0 Å². The second kappa shape index (κ2) is 7.28. The predicted molar refractivity (Wildman–Crippen MR) is 96.1 cm³/mol. The number of hydrogen-bond acceptors (Lipinski definition) is 3. The average Bonchev–Trinajstić information content (AvgIpc) is 2.64. The van der Waals surface area contributed by atoms with Crippen LogP contribution in [-0.4, -0.2) is 9.55 Å². The Hall–Kier alpha value is -3.65. The molecule has 1 N–H and O–H groups in total. The first-order valence-electron chi connectivity index (χ1n) is 7.72. The molecule has 1 heterocycles. The maximum atomic E-state index is 12.5. The molecule has 5 heteroatoms. The van der Waals surface area contributed by atoms with Crippen molar-refractivity contribution >= 4 is 6.08 Å². The Kier molecular flexibility index (Phi) is 4.72. The number of aromatic amines is 1. The SMILES string of the molecule is N#CC=Cc1cn(C(c2ccccc2)c2ccccc2)c(=O)[nH]c1=O. The highest BCUT2D eigenvalue weighted by molar-refractivity contribution is 5.49. The van der Waals surface area contributed by atoms with Crippen LogP contribution in [0.5, 0.6) is 0 Å². The molecule has 0 spiro atoms. The van der Waals surface area contributed by atoms with Crippen molar-refractivity contribution in [2.45, 2.75) is 6.04 Å². The molecular formula is C20H15N3O2. The summed E-state index contributed by atoms with van der Waals surface area (Å²) in [6.45, 7) is 0. The number of H-pyrrole nitrogens is 1. The monoisotopic (exact) mass is 329 g/mol. The summed E-state index contributed by atoms with van der Waals surface area (Å²) in [4.78, 5) is 26.8. The lowest BCUT2D eigenvalue weighted by molar-refractivity contribution is 0.625. The Labute approximate surface area is 144 Å². The number of nitrogens with zero attached hydrogens (tertiary/aromatic N) is 2. The second-order valence-electron chi connectivity index (χ2n) is 5.44. The summed E-state index contributed by atoms with van der Waals surface area (Å²) >= 11 is 0. The fourth-order valence-electron chi connectivity index (χ4n) is 2.72. The average molecular weight is 329 g/mol. The number of hydrogen-bond donors (Lipinski definition) is 1. The molecule has 0 saturated carbocycles. The summed E-state index contributed by atoms with van der Waals surface area (Å²) in [5.41, 5.74) is 1.05. The van der Waals surface area contributed by atoms with Gasteiger partial charge in [0.15, 0.2) is 0 Å². The van der Waals surface area contributed by atoms with E-state index in [1.54, 1.807) is 0 Å². The maximum absolute atomic E-state index is 12.5. The molecule has 1 aromatic heterocycles. The molecule has 3 aromatic rings. The Morgan fingerprint density at radius 1 is 0.960 bits per heavy atom. The molecule has 0 atom stereocenters. The summed E-state index contributed by atoms with van der Waals surface area (Å²) in [5.74, 6) is 0. The van der Waals surface area contributed by atoms with Crippen LogP contribution in [0.1, 0.15) is 22.7 Å². The molecule has 0 radical (unpaired) electrons. The number of aromatic nitrogens is 2. The molecule has 0 aliphatic heterocycles. The Bertz CT molecular complexity index is 1000. The minimum atomic E-state index is -0.521. The predicted octanol–water partition coefficient (Wildman–Crippen LogP) is 2.71. The maximum Gasteiger partial charge on any atom is 0.329 e. The highest BCUT2D eigenvalue weighted by Gasteiger charge is 2.18. The van der Waals surface area contributed by atoms with Crippen LogP contribution in [0, 0.1) is 11.3 Å². The topological polar surface area (TPSA) is 78.7 Å². The van der Waals surface area contributed by atoms with E-state index in [4.69, 9.17) is 5.26 Å². The van der Waals surface area contributed by atoms with E-state index in [-0.39, 0.29) is 11.6 Å². The Balaban J connectivity index is 2.24. The zero-order chi connectivity index (χ0) is 17.6. The summed E-state index contributed by atoms with van der Waals surface area (Å²) in [5, 5.41) is 8.69. The van der Waals surface area contributed by atoms with Gasteiger partial charge in [-0.3, -0.25) is 14.3 Å². The standard InChI is InChI=1S/C20H15N3O2/c21-13-7-12-17-14-23(20(25)22-19(17)24)18(15-8-3-1-4-9-15)16-10-5-2-6-11-16/h1-12,14,18H,(H,22,24,25). The van der Waals surface area contributed by atoms with E-state index in [1.807, 2.05) is 66.7 Å². The molecule has 0 unspecified atom stereocenters. The molecule has 25 heavy (non-hydrogen) atoms. The van der Waals surface area contributed by atoms with Gasteiger partial charge in [0.25, 0.3) is 5.56 Å². The van der Waals surface area contributed by atoms with Gasteiger partial charge < -0.3 is 0 Å². The molecular weight excluding hydrogens is 314 g/mol. The van der Waals surface area contributed by atoms with Gasteiger partial charge in [-0.15, -0.1) is 0 Å². The fraction of sp³-hybridized carbons (Fsp3) is 0.0500. The Morgan fingerprint density at radius 3 is 2.04 bits per heavy atom. The van der Waals surface area contributed by atoms with Crippen LogP contribution < -0.4 is 11.2 Å². The van der Waals surface area contributed by atoms with Gasteiger partial charge in [-0.1, -0.05) is 60.7 Å². The van der Waals surface area contributed by atoms with E-state index < -0.39 is 11.2 Å². The van der Waals surface area contributed by atoms with Crippen molar-refractivity contribution in [3.8, 4) is 6.07 Å². The van der Waals surface area contributed by atoms with Crippen LogP contribution in [0.2, 0.25) is 0 Å². The first-order valence-corrected chi connectivity index (χ1v) is 7.72. The van der Waals surface area contributed by atoms with Crippen molar-refractivity contribution in [3.63, 3.8) is 0 Å². The normalized spacial score (nSPS) is 10.9. The number of rotatable bonds is 4. The highest BCUT2D eigenvalue weighted by Crippen LogP contribution is 2.25. The molecule has 0 amide bonds. The van der Waals surface area contributed by atoms with Crippen LogP contribution in [0.4, 0.5) is 0 Å². The summed E-state index contributed by atoms with van der Waals surface area (Å²) in [6.07, 6.45) is 4.08. The minimum Gasteiger partial charge on any atom is -0.288 e. The number of nitriles is 1. The summed E-state index contributed by atoms with van der Waals surface area (Å²) < 4.78 is 1.48. The third kappa shape index (κ3) is 3.48. The smallest absolute Gasteiger partial charge is 0.288 e. The van der Waals surface area contributed by atoms with Crippen LogP contribution >= 0.6 is 0 Å². The van der Waals surface area contributed by atoms with Crippen molar-refractivity contribution in [2.75, 3.05) is 0 Å². The van der Waals surface area contributed by atoms with Gasteiger partial charge in [-0.05, 0) is 17.2 Å². The van der Waals surface area contributed by atoms with Crippen LogP contribution in [0.25, 0.3) is 6.08 Å². The van der Waals surface area contributed by atoms with Crippen LogP contribution in [0.3, 0.4) is 0 Å². The van der Waals surface area contributed by atoms with Gasteiger partial charge >= 0.3 is 5.69 Å². The lowest BCUT2D eigenvalue weighted by atomic mass is 9.98. The summed E-state index contributed by atoms with van der Waals surface area (Å²) in [6, 6.07) is 20.6. The van der Waals surface area contributed by atoms with Crippen molar-refractivity contribution in [1.29, 1.82) is 5.26 Å². The van der Waals surface area contributed by atoms with Gasteiger partial charge in [0.05, 0.1) is 17.7 Å².